The van der Waals surface area contributed by atoms with E-state index in [4.69, 9.17) is 10.5 Å². The van der Waals surface area contributed by atoms with E-state index in [1.54, 1.807) is 43.5 Å². The molecule has 5 nitrogen and oxygen atoms in total. The summed E-state index contributed by atoms with van der Waals surface area (Å²) in [5.74, 6) is 0.662. The summed E-state index contributed by atoms with van der Waals surface area (Å²) in [6, 6.07) is 12.6. The highest BCUT2D eigenvalue weighted by Crippen LogP contribution is 2.19. The van der Waals surface area contributed by atoms with E-state index < -0.39 is 10.0 Å². The molecule has 0 aliphatic heterocycles. The minimum Gasteiger partial charge on any atom is -0.497 e. The van der Waals surface area contributed by atoms with Crippen molar-refractivity contribution < 1.29 is 13.2 Å². The van der Waals surface area contributed by atoms with Crippen molar-refractivity contribution in [3.63, 3.8) is 0 Å². The quantitative estimate of drug-likeness (QED) is 0.850. The van der Waals surface area contributed by atoms with E-state index in [1.807, 2.05) is 0 Å². The van der Waals surface area contributed by atoms with Gasteiger partial charge in [-0.3, -0.25) is 4.72 Å². The number of hydrogen-bond donors (Lipinski definition) is 2. The zero-order valence-corrected chi connectivity index (χ0v) is 12.4. The Morgan fingerprint density at radius 1 is 1.00 bits per heavy atom. The van der Waals surface area contributed by atoms with Gasteiger partial charge in [0.15, 0.2) is 0 Å². The Hall–Kier alpha value is -1.92. The highest BCUT2D eigenvalue weighted by molar-refractivity contribution is 7.92. The van der Waals surface area contributed by atoms with Gasteiger partial charge < -0.3 is 10.5 Å². The van der Waals surface area contributed by atoms with Crippen LogP contribution in [0, 0.1) is 0 Å². The normalized spacial score (nSPS) is 10.4. The molecule has 2 aromatic carbocycles. The van der Waals surface area contributed by atoms with Gasteiger partial charge in [-0.2, -0.15) is 0 Å². The van der Waals surface area contributed by atoms with Crippen LogP contribution in [-0.4, -0.2) is 15.5 Å². The van der Waals surface area contributed by atoms with Crippen LogP contribution < -0.4 is 15.2 Å². The Kier molecular flexibility index (Phi) is 5.24. The van der Waals surface area contributed by atoms with Crippen LogP contribution in [0.15, 0.2) is 53.4 Å². The predicted octanol–water partition coefficient (Wildman–Crippen LogP) is 2.50. The number of hydrogen-bond acceptors (Lipinski definition) is 4. The van der Waals surface area contributed by atoms with Crippen LogP contribution in [0.5, 0.6) is 5.75 Å². The van der Waals surface area contributed by atoms with Crippen molar-refractivity contribution in [2.75, 3.05) is 17.6 Å². The number of sulfonamides is 1. The third-order valence-corrected chi connectivity index (χ3v) is 3.93. The largest absolute Gasteiger partial charge is 0.497 e. The fourth-order valence-corrected chi connectivity index (χ4v) is 2.58. The molecule has 0 saturated carbocycles. The number of ether oxygens (including phenoxy) is 1. The lowest BCUT2D eigenvalue weighted by Gasteiger charge is -2.08. The monoisotopic (exact) mass is 314 g/mol. The maximum absolute atomic E-state index is 12.1. The summed E-state index contributed by atoms with van der Waals surface area (Å²) < 4.78 is 31.7. The maximum atomic E-state index is 12.1. The SMILES string of the molecule is COc1ccc(NS(=O)(=O)c2ccc(N)cc2)cc1.Cl. The molecule has 0 fully saturated rings. The summed E-state index contributed by atoms with van der Waals surface area (Å²) in [5, 5.41) is 0. The lowest BCUT2D eigenvalue weighted by atomic mass is 10.3. The molecule has 0 saturated heterocycles. The minimum atomic E-state index is -3.60. The van der Waals surface area contributed by atoms with Crippen molar-refractivity contribution in [2.45, 2.75) is 4.90 Å². The van der Waals surface area contributed by atoms with Gasteiger partial charge in [0.1, 0.15) is 5.75 Å². The number of methoxy groups -OCH3 is 1. The first-order valence-electron chi connectivity index (χ1n) is 5.54. The van der Waals surface area contributed by atoms with Crippen LogP contribution >= 0.6 is 12.4 Å². The summed E-state index contributed by atoms with van der Waals surface area (Å²) in [6.45, 7) is 0. The van der Waals surface area contributed by atoms with E-state index in [1.165, 1.54) is 12.1 Å². The highest BCUT2D eigenvalue weighted by Gasteiger charge is 2.13. The molecule has 2 rings (SSSR count). The third kappa shape index (κ3) is 3.79. The van der Waals surface area contributed by atoms with E-state index in [0.29, 0.717) is 17.1 Å². The summed E-state index contributed by atoms with van der Waals surface area (Å²) in [4.78, 5) is 0.164. The standard InChI is InChI=1S/C13H14N2O3S.ClH/c1-18-12-6-4-11(5-7-12)15-19(16,17)13-8-2-10(14)3-9-13;/h2-9,15H,14H2,1H3;1H. The summed E-state index contributed by atoms with van der Waals surface area (Å²) in [6.07, 6.45) is 0. The van der Waals surface area contributed by atoms with Gasteiger partial charge in [0.05, 0.1) is 12.0 Å². The third-order valence-electron chi connectivity index (χ3n) is 2.53. The molecule has 0 unspecified atom stereocenters. The second kappa shape index (κ2) is 6.49. The Balaban J connectivity index is 0.00000200. The molecule has 0 amide bonds. The van der Waals surface area contributed by atoms with Crippen LogP contribution in [0.4, 0.5) is 11.4 Å². The van der Waals surface area contributed by atoms with Gasteiger partial charge in [0.25, 0.3) is 10.0 Å². The van der Waals surface area contributed by atoms with E-state index in [-0.39, 0.29) is 17.3 Å². The molecule has 0 spiro atoms. The molecule has 7 heteroatoms. The van der Waals surface area contributed by atoms with Gasteiger partial charge in [0.2, 0.25) is 0 Å². The van der Waals surface area contributed by atoms with Crippen LogP contribution in [0.2, 0.25) is 0 Å². The Morgan fingerprint density at radius 3 is 2.05 bits per heavy atom. The van der Waals surface area contributed by atoms with Gasteiger partial charge in [-0.05, 0) is 48.5 Å². The second-order valence-corrected chi connectivity index (χ2v) is 5.59. The van der Waals surface area contributed by atoms with Crippen LogP contribution in [0.25, 0.3) is 0 Å². The number of benzene rings is 2. The van der Waals surface area contributed by atoms with Crippen molar-refractivity contribution in [1.82, 2.24) is 0 Å². The molecule has 108 valence electrons. The van der Waals surface area contributed by atoms with E-state index >= 15 is 0 Å². The number of halogens is 1. The maximum Gasteiger partial charge on any atom is 0.261 e. The van der Waals surface area contributed by atoms with Crippen molar-refractivity contribution in [2.24, 2.45) is 0 Å². The molecule has 0 bridgehead atoms. The Morgan fingerprint density at radius 2 is 1.55 bits per heavy atom. The molecule has 2 aromatic rings. The predicted molar refractivity (Wildman–Crippen MR) is 81.9 cm³/mol. The van der Waals surface area contributed by atoms with Crippen LogP contribution in [-0.2, 0) is 10.0 Å². The fourth-order valence-electron chi connectivity index (χ4n) is 1.52. The highest BCUT2D eigenvalue weighted by atomic mass is 35.5. The molecule has 0 aromatic heterocycles. The second-order valence-electron chi connectivity index (χ2n) is 3.90. The molecular weight excluding hydrogens is 300 g/mol. The molecule has 0 atom stereocenters. The number of nitrogens with one attached hydrogen (secondary N) is 1. The topological polar surface area (TPSA) is 81.4 Å². The van der Waals surface area contributed by atoms with Gasteiger partial charge in [0, 0.05) is 11.4 Å². The number of nitrogen functional groups attached to an aromatic ring is 1. The summed E-state index contributed by atoms with van der Waals surface area (Å²) in [5.41, 5.74) is 6.51. The first kappa shape index (κ1) is 16.1. The van der Waals surface area contributed by atoms with E-state index in [0.717, 1.165) is 0 Å². The summed E-state index contributed by atoms with van der Waals surface area (Å²) >= 11 is 0. The molecule has 0 heterocycles. The molecule has 0 radical (unpaired) electrons. The Labute approximate surface area is 124 Å². The Bertz CT molecular complexity index is 655. The lowest BCUT2D eigenvalue weighted by molar-refractivity contribution is 0.415. The molecular formula is C13H15ClN2O3S. The van der Waals surface area contributed by atoms with E-state index in [9.17, 15) is 8.42 Å². The van der Waals surface area contributed by atoms with Crippen molar-refractivity contribution >= 4 is 33.8 Å². The van der Waals surface area contributed by atoms with Crippen molar-refractivity contribution in [3.8, 4) is 5.75 Å². The number of nitrogens with two attached hydrogens (primary N) is 1. The fraction of sp³-hybridized carbons (Fsp3) is 0.0769. The first-order chi connectivity index (χ1) is 9.01. The molecule has 0 aliphatic carbocycles. The van der Waals surface area contributed by atoms with Crippen LogP contribution in [0.1, 0.15) is 0 Å². The number of rotatable bonds is 4. The van der Waals surface area contributed by atoms with Gasteiger partial charge in [-0.25, -0.2) is 8.42 Å². The average molecular weight is 315 g/mol. The van der Waals surface area contributed by atoms with Crippen molar-refractivity contribution in [3.05, 3.63) is 48.5 Å². The smallest absolute Gasteiger partial charge is 0.261 e. The first-order valence-corrected chi connectivity index (χ1v) is 7.02. The zero-order chi connectivity index (χ0) is 13.9. The molecule has 0 aliphatic rings. The average Bonchev–Trinajstić information content (AvgIpc) is 2.40. The zero-order valence-electron chi connectivity index (χ0n) is 10.7. The minimum absolute atomic E-state index is 0. The molecule has 20 heavy (non-hydrogen) atoms. The molecule has 3 N–H and O–H groups in total. The van der Waals surface area contributed by atoms with Gasteiger partial charge >= 0.3 is 0 Å². The van der Waals surface area contributed by atoms with Gasteiger partial charge in [-0.15, -0.1) is 12.4 Å². The van der Waals surface area contributed by atoms with Crippen molar-refractivity contribution in [1.29, 1.82) is 0 Å². The summed E-state index contributed by atoms with van der Waals surface area (Å²) in [7, 11) is -2.05. The number of anilines is 2. The van der Waals surface area contributed by atoms with E-state index in [2.05, 4.69) is 4.72 Å². The van der Waals surface area contributed by atoms with Crippen LogP contribution in [0.3, 0.4) is 0 Å². The lowest BCUT2D eigenvalue weighted by Crippen LogP contribution is -2.12. The van der Waals surface area contributed by atoms with Gasteiger partial charge in [-0.1, -0.05) is 0 Å².